The zero-order chi connectivity index (χ0) is 23.7. The van der Waals surface area contributed by atoms with E-state index in [0.717, 1.165) is 22.4 Å². The maximum absolute atomic E-state index is 12.7. The Morgan fingerprint density at radius 3 is 3.03 bits per heavy atom. The van der Waals surface area contributed by atoms with E-state index in [9.17, 15) is 9.90 Å². The fourth-order valence-electron chi connectivity index (χ4n) is 3.90. The fourth-order valence-corrected chi connectivity index (χ4v) is 3.90. The number of aryl methyl sites for hydroxylation is 1. The minimum atomic E-state index is -0.663. The Balaban J connectivity index is 1.35. The molecule has 0 bridgehead atoms. The zero-order valence-electron chi connectivity index (χ0n) is 19.0. The summed E-state index contributed by atoms with van der Waals surface area (Å²) in [5.74, 6) is 7.29. The van der Waals surface area contributed by atoms with Crippen LogP contribution in [0.5, 0.6) is 17.5 Å². The van der Waals surface area contributed by atoms with Crippen molar-refractivity contribution in [2.45, 2.75) is 39.0 Å². The van der Waals surface area contributed by atoms with Crippen molar-refractivity contribution in [3.05, 3.63) is 64.2 Å². The van der Waals surface area contributed by atoms with Gasteiger partial charge in [0.15, 0.2) is 11.9 Å². The van der Waals surface area contributed by atoms with Crippen LogP contribution >= 0.6 is 0 Å². The van der Waals surface area contributed by atoms with Gasteiger partial charge in [0.2, 0.25) is 5.88 Å². The smallest absolute Gasteiger partial charge is 0.351 e. The molecule has 0 spiro atoms. The fraction of sp³-hybridized carbons (Fsp3) is 0.346. The summed E-state index contributed by atoms with van der Waals surface area (Å²) in [5, 5.41) is 9.96. The largest absolute Gasteiger partial charge is 0.478 e. The zero-order valence-corrected chi connectivity index (χ0v) is 19.0. The standard InChI is InChI=1S/C26H25N3O5/c1-16(2)22(30)8-6-17-5-7-20-18(12-17)9-11-29-21(20)13-24(28-26(29)31)32-14-19-15-33-25-23(34-19)4-3-10-27-25/h3-5,7,10,12-13,16,19,22,30H,9,11,14-15H2,1-2H3. The van der Waals surface area contributed by atoms with Crippen LogP contribution in [0.25, 0.3) is 11.3 Å². The maximum Gasteiger partial charge on any atom is 0.351 e. The van der Waals surface area contributed by atoms with Crippen LogP contribution in [0.4, 0.5) is 0 Å². The third kappa shape index (κ3) is 4.47. The van der Waals surface area contributed by atoms with Crippen molar-refractivity contribution >= 4 is 0 Å². The van der Waals surface area contributed by atoms with Crippen molar-refractivity contribution in [2.75, 3.05) is 13.2 Å². The number of rotatable bonds is 4. The first-order valence-electron chi connectivity index (χ1n) is 11.3. The highest BCUT2D eigenvalue weighted by Crippen LogP contribution is 2.31. The maximum atomic E-state index is 12.7. The van der Waals surface area contributed by atoms with Gasteiger partial charge in [-0.2, -0.15) is 4.98 Å². The van der Waals surface area contributed by atoms with Crippen molar-refractivity contribution < 1.29 is 19.3 Å². The van der Waals surface area contributed by atoms with Gasteiger partial charge in [0.1, 0.15) is 19.3 Å². The van der Waals surface area contributed by atoms with Crippen LogP contribution < -0.4 is 19.9 Å². The van der Waals surface area contributed by atoms with Gasteiger partial charge >= 0.3 is 5.69 Å². The lowest BCUT2D eigenvalue weighted by Gasteiger charge is -2.25. The van der Waals surface area contributed by atoms with Gasteiger partial charge in [-0.15, -0.1) is 0 Å². The molecule has 0 radical (unpaired) electrons. The SMILES string of the molecule is CC(C)C(O)C#Cc1ccc2c(c1)CCn1c-2cc(OCC2COc3ncccc3O2)nc1=O. The van der Waals surface area contributed by atoms with Crippen LogP contribution in [0.15, 0.2) is 47.4 Å². The third-order valence-corrected chi connectivity index (χ3v) is 5.82. The number of aromatic nitrogens is 3. The second kappa shape index (κ2) is 9.20. The molecule has 1 N–H and O–H groups in total. The van der Waals surface area contributed by atoms with Crippen molar-refractivity contribution in [2.24, 2.45) is 5.92 Å². The van der Waals surface area contributed by atoms with Gasteiger partial charge < -0.3 is 19.3 Å². The second-order valence-corrected chi connectivity index (χ2v) is 8.66. The molecular weight excluding hydrogens is 434 g/mol. The van der Waals surface area contributed by atoms with Crippen LogP contribution in [0.2, 0.25) is 0 Å². The lowest BCUT2D eigenvalue weighted by atomic mass is 9.95. The molecule has 34 heavy (non-hydrogen) atoms. The number of benzene rings is 1. The number of nitrogens with zero attached hydrogens (tertiary/aromatic N) is 3. The molecule has 2 aromatic heterocycles. The summed E-state index contributed by atoms with van der Waals surface area (Å²) < 4.78 is 19.0. The van der Waals surface area contributed by atoms with Gasteiger partial charge in [0.25, 0.3) is 5.88 Å². The van der Waals surface area contributed by atoms with Gasteiger partial charge in [-0.1, -0.05) is 31.8 Å². The Kier molecular flexibility index (Phi) is 5.95. The summed E-state index contributed by atoms with van der Waals surface area (Å²) in [6, 6.07) is 11.2. The first-order valence-corrected chi connectivity index (χ1v) is 11.3. The topological polar surface area (TPSA) is 95.7 Å². The highest BCUT2D eigenvalue weighted by atomic mass is 16.6. The highest BCUT2D eigenvalue weighted by molar-refractivity contribution is 5.68. The molecule has 2 unspecified atom stereocenters. The van der Waals surface area contributed by atoms with E-state index in [0.29, 0.717) is 31.2 Å². The Labute approximate surface area is 197 Å². The highest BCUT2D eigenvalue weighted by Gasteiger charge is 2.24. The Morgan fingerprint density at radius 1 is 1.29 bits per heavy atom. The van der Waals surface area contributed by atoms with Crippen LogP contribution in [-0.4, -0.2) is 45.1 Å². The summed E-state index contributed by atoms with van der Waals surface area (Å²) >= 11 is 0. The Bertz CT molecular complexity index is 1340. The molecule has 5 rings (SSSR count). The quantitative estimate of drug-likeness (QED) is 0.599. The van der Waals surface area contributed by atoms with E-state index in [1.54, 1.807) is 29.0 Å². The number of aliphatic hydroxyl groups excluding tert-OH is 1. The van der Waals surface area contributed by atoms with Crippen molar-refractivity contribution in [1.29, 1.82) is 0 Å². The van der Waals surface area contributed by atoms with Crippen LogP contribution in [0.3, 0.4) is 0 Å². The van der Waals surface area contributed by atoms with Gasteiger partial charge in [0.05, 0.1) is 5.69 Å². The molecule has 0 saturated heterocycles. The molecule has 174 valence electrons. The van der Waals surface area contributed by atoms with Gasteiger partial charge in [-0.05, 0) is 42.2 Å². The summed E-state index contributed by atoms with van der Waals surface area (Å²) in [4.78, 5) is 20.9. The Morgan fingerprint density at radius 2 is 2.18 bits per heavy atom. The molecule has 0 amide bonds. The van der Waals surface area contributed by atoms with E-state index in [2.05, 4.69) is 21.8 Å². The second-order valence-electron chi connectivity index (χ2n) is 8.66. The summed E-state index contributed by atoms with van der Waals surface area (Å²) in [6.07, 6.45) is 1.34. The van der Waals surface area contributed by atoms with Crippen LogP contribution in [0.1, 0.15) is 25.0 Å². The molecule has 8 nitrogen and oxygen atoms in total. The Hall–Kier alpha value is -3.83. The molecule has 2 atom stereocenters. The number of ether oxygens (including phenoxy) is 3. The minimum Gasteiger partial charge on any atom is -0.478 e. The summed E-state index contributed by atoms with van der Waals surface area (Å²) in [7, 11) is 0. The van der Waals surface area contributed by atoms with Gasteiger partial charge in [-0.3, -0.25) is 4.57 Å². The van der Waals surface area contributed by atoms with E-state index in [1.807, 2.05) is 32.0 Å². The third-order valence-electron chi connectivity index (χ3n) is 5.82. The molecule has 0 saturated carbocycles. The number of hydrogen-bond acceptors (Lipinski definition) is 7. The first kappa shape index (κ1) is 22.0. The molecule has 0 fully saturated rings. The predicted octanol–water partition coefficient (Wildman–Crippen LogP) is 2.45. The summed E-state index contributed by atoms with van der Waals surface area (Å²) in [5.41, 5.74) is 3.29. The average molecular weight is 460 g/mol. The monoisotopic (exact) mass is 459 g/mol. The molecular formula is C26H25N3O5. The average Bonchev–Trinajstić information content (AvgIpc) is 2.85. The van der Waals surface area contributed by atoms with Crippen molar-refractivity contribution in [3.63, 3.8) is 0 Å². The number of hydrogen-bond donors (Lipinski definition) is 1. The van der Waals surface area contributed by atoms with Gasteiger partial charge in [-0.25, -0.2) is 9.78 Å². The number of fused-ring (bicyclic) bond motifs is 4. The van der Waals surface area contributed by atoms with Crippen molar-refractivity contribution in [1.82, 2.24) is 14.5 Å². The van der Waals surface area contributed by atoms with Crippen LogP contribution in [-0.2, 0) is 13.0 Å². The van der Waals surface area contributed by atoms with Crippen LogP contribution in [0, 0.1) is 17.8 Å². The minimum absolute atomic E-state index is 0.0757. The molecule has 0 aliphatic carbocycles. The van der Waals surface area contributed by atoms with E-state index in [1.165, 1.54) is 0 Å². The van der Waals surface area contributed by atoms with E-state index < -0.39 is 6.10 Å². The lowest BCUT2D eigenvalue weighted by Crippen LogP contribution is -2.35. The van der Waals surface area contributed by atoms with E-state index in [-0.39, 0.29) is 30.2 Å². The van der Waals surface area contributed by atoms with E-state index >= 15 is 0 Å². The lowest BCUT2D eigenvalue weighted by molar-refractivity contribution is 0.0486. The molecule has 3 aromatic rings. The molecule has 2 aliphatic rings. The summed E-state index contributed by atoms with van der Waals surface area (Å²) in [6.45, 7) is 4.87. The predicted molar refractivity (Wildman–Crippen MR) is 125 cm³/mol. The van der Waals surface area contributed by atoms with E-state index in [4.69, 9.17) is 14.2 Å². The molecule has 4 heterocycles. The molecule has 2 aliphatic heterocycles. The first-order chi connectivity index (χ1) is 16.5. The number of pyridine rings is 1. The van der Waals surface area contributed by atoms with Gasteiger partial charge in [0, 0.05) is 29.9 Å². The van der Waals surface area contributed by atoms with Crippen molar-refractivity contribution in [3.8, 4) is 40.6 Å². The normalized spacial score (nSPS) is 16.6. The molecule has 8 heteroatoms. The molecule has 1 aromatic carbocycles. The number of aliphatic hydroxyl groups is 1.